The minimum atomic E-state index is -4.64. The smallest absolute Gasteiger partial charge is 0.355 e. The quantitative estimate of drug-likeness (QED) is 0.754. The van der Waals surface area contributed by atoms with Crippen molar-refractivity contribution in [3.05, 3.63) is 29.8 Å². The highest BCUT2D eigenvalue weighted by Crippen LogP contribution is 2.32. The zero-order valence-electron chi connectivity index (χ0n) is 12.6. The van der Waals surface area contributed by atoms with Crippen LogP contribution in [0, 0.1) is 5.82 Å². The molecule has 0 bridgehead atoms. The van der Waals surface area contributed by atoms with Crippen LogP contribution in [0.3, 0.4) is 0 Å². The fourth-order valence-electron chi connectivity index (χ4n) is 2.71. The molecular formula is C15H16F4N4. The Balaban J connectivity index is 2.14. The summed E-state index contributed by atoms with van der Waals surface area (Å²) >= 11 is 0. The zero-order chi connectivity index (χ0) is 16.6. The van der Waals surface area contributed by atoms with E-state index in [0.717, 1.165) is 19.0 Å². The van der Waals surface area contributed by atoms with E-state index < -0.39 is 17.8 Å². The number of hydrogen-bond donors (Lipinski definition) is 0. The Morgan fingerprint density at radius 3 is 2.57 bits per heavy atom. The molecule has 0 N–H and O–H groups in total. The van der Waals surface area contributed by atoms with Crippen molar-refractivity contribution < 1.29 is 17.6 Å². The van der Waals surface area contributed by atoms with Crippen LogP contribution in [0.15, 0.2) is 18.2 Å². The second-order valence-electron chi connectivity index (χ2n) is 5.67. The fraction of sp³-hybridized carbons (Fsp3) is 0.467. The van der Waals surface area contributed by atoms with Gasteiger partial charge >= 0.3 is 6.18 Å². The fourth-order valence-corrected chi connectivity index (χ4v) is 2.71. The number of benzene rings is 1. The van der Waals surface area contributed by atoms with E-state index in [4.69, 9.17) is 0 Å². The number of alkyl halides is 3. The molecule has 0 unspecified atom stereocenters. The first-order valence-electron chi connectivity index (χ1n) is 7.32. The number of aromatic nitrogens is 2. The van der Waals surface area contributed by atoms with Crippen LogP contribution in [0.4, 0.5) is 23.4 Å². The summed E-state index contributed by atoms with van der Waals surface area (Å²) in [5, 5.41) is 0.308. The van der Waals surface area contributed by atoms with Crippen LogP contribution < -0.4 is 4.90 Å². The van der Waals surface area contributed by atoms with Crippen molar-refractivity contribution in [3.63, 3.8) is 0 Å². The van der Waals surface area contributed by atoms with Gasteiger partial charge in [-0.25, -0.2) is 14.4 Å². The zero-order valence-corrected chi connectivity index (χ0v) is 12.6. The van der Waals surface area contributed by atoms with Crippen LogP contribution in [-0.2, 0) is 6.18 Å². The monoisotopic (exact) mass is 328 g/mol. The van der Waals surface area contributed by atoms with Gasteiger partial charge in [0.15, 0.2) is 0 Å². The highest BCUT2D eigenvalue weighted by atomic mass is 19.4. The Morgan fingerprint density at radius 2 is 1.83 bits per heavy atom. The lowest BCUT2D eigenvalue weighted by Gasteiger charge is -2.24. The van der Waals surface area contributed by atoms with Crippen LogP contribution in [0.2, 0.25) is 0 Å². The third-order valence-electron chi connectivity index (χ3n) is 3.91. The molecule has 1 aliphatic heterocycles. The van der Waals surface area contributed by atoms with Crippen LogP contribution in [0.5, 0.6) is 0 Å². The average molecular weight is 328 g/mol. The lowest BCUT2D eigenvalue weighted by Crippen LogP contribution is -2.30. The van der Waals surface area contributed by atoms with Gasteiger partial charge in [-0.05, 0) is 38.2 Å². The normalized spacial score (nSPS) is 17.5. The first kappa shape index (κ1) is 15.9. The van der Waals surface area contributed by atoms with Gasteiger partial charge in [0.25, 0.3) is 0 Å². The Labute approximate surface area is 130 Å². The third kappa shape index (κ3) is 3.36. The van der Waals surface area contributed by atoms with E-state index in [9.17, 15) is 17.6 Å². The van der Waals surface area contributed by atoms with Crippen molar-refractivity contribution in [2.24, 2.45) is 0 Å². The topological polar surface area (TPSA) is 32.3 Å². The van der Waals surface area contributed by atoms with Crippen LogP contribution in [-0.4, -0.2) is 48.1 Å². The summed E-state index contributed by atoms with van der Waals surface area (Å²) in [7, 11) is 1.96. The molecule has 3 rings (SSSR count). The highest BCUT2D eigenvalue weighted by Gasteiger charge is 2.36. The highest BCUT2D eigenvalue weighted by molar-refractivity contribution is 5.89. The maximum atomic E-state index is 13.6. The number of hydrogen-bond acceptors (Lipinski definition) is 4. The first-order valence-corrected chi connectivity index (χ1v) is 7.32. The van der Waals surface area contributed by atoms with Gasteiger partial charge in [-0.2, -0.15) is 13.2 Å². The molecule has 1 aliphatic rings. The summed E-state index contributed by atoms with van der Waals surface area (Å²) < 4.78 is 52.7. The molecule has 0 saturated carbocycles. The van der Waals surface area contributed by atoms with E-state index >= 15 is 0 Å². The van der Waals surface area contributed by atoms with Gasteiger partial charge in [-0.1, -0.05) is 0 Å². The van der Waals surface area contributed by atoms with Crippen LogP contribution >= 0.6 is 0 Å². The summed E-state index contributed by atoms with van der Waals surface area (Å²) in [4.78, 5) is 11.1. The maximum absolute atomic E-state index is 13.6. The van der Waals surface area contributed by atoms with Gasteiger partial charge in [0.05, 0.1) is 5.52 Å². The molecule has 0 atom stereocenters. The van der Waals surface area contributed by atoms with Crippen molar-refractivity contribution in [1.29, 1.82) is 0 Å². The summed E-state index contributed by atoms with van der Waals surface area (Å²) in [6, 6.07) is 3.56. The molecule has 0 radical (unpaired) electrons. The largest absolute Gasteiger partial charge is 0.451 e. The van der Waals surface area contributed by atoms with Gasteiger partial charge in [0.2, 0.25) is 5.82 Å². The van der Waals surface area contributed by atoms with E-state index in [0.29, 0.717) is 25.0 Å². The van der Waals surface area contributed by atoms with E-state index in [1.165, 1.54) is 12.1 Å². The van der Waals surface area contributed by atoms with Crippen molar-refractivity contribution in [3.8, 4) is 0 Å². The maximum Gasteiger partial charge on any atom is 0.451 e. The third-order valence-corrected chi connectivity index (χ3v) is 3.91. The van der Waals surface area contributed by atoms with Crippen molar-refractivity contribution >= 4 is 16.7 Å². The summed E-state index contributed by atoms with van der Waals surface area (Å²) in [6.07, 6.45) is -3.83. The van der Waals surface area contributed by atoms with Gasteiger partial charge in [-0.3, -0.25) is 0 Å². The molecule has 0 aliphatic carbocycles. The minimum Gasteiger partial charge on any atom is -0.355 e. The van der Waals surface area contributed by atoms with Gasteiger partial charge in [0, 0.05) is 25.0 Å². The van der Waals surface area contributed by atoms with Crippen molar-refractivity contribution in [2.75, 3.05) is 38.1 Å². The number of anilines is 1. The molecular weight excluding hydrogens is 312 g/mol. The predicted octanol–water partition coefficient (Wildman–Crippen LogP) is 2.93. The summed E-state index contributed by atoms with van der Waals surface area (Å²) in [6.45, 7) is 2.68. The number of likely N-dealkylation sites (N-methyl/N-ethyl adjacent to an activating group) is 1. The van der Waals surface area contributed by atoms with E-state index in [-0.39, 0.29) is 11.3 Å². The molecule has 8 heteroatoms. The molecule has 124 valence electrons. The van der Waals surface area contributed by atoms with Crippen molar-refractivity contribution in [2.45, 2.75) is 12.6 Å². The second-order valence-corrected chi connectivity index (χ2v) is 5.67. The van der Waals surface area contributed by atoms with Gasteiger partial charge < -0.3 is 9.80 Å². The van der Waals surface area contributed by atoms with E-state index in [1.54, 1.807) is 4.90 Å². The first-order chi connectivity index (χ1) is 10.8. The van der Waals surface area contributed by atoms with E-state index in [1.807, 2.05) is 7.05 Å². The second kappa shape index (κ2) is 5.92. The lowest BCUT2D eigenvalue weighted by atomic mass is 10.2. The van der Waals surface area contributed by atoms with Crippen molar-refractivity contribution in [1.82, 2.24) is 14.9 Å². The molecule has 23 heavy (non-hydrogen) atoms. The Kier molecular flexibility index (Phi) is 4.09. The summed E-state index contributed by atoms with van der Waals surface area (Å²) in [5.74, 6) is -1.56. The number of fused-ring (bicyclic) bond motifs is 1. The number of rotatable bonds is 1. The molecule has 0 amide bonds. The molecule has 1 aromatic heterocycles. The predicted molar refractivity (Wildman–Crippen MR) is 78.8 cm³/mol. The lowest BCUT2D eigenvalue weighted by molar-refractivity contribution is -0.144. The minimum absolute atomic E-state index is 0.0985. The average Bonchev–Trinajstić information content (AvgIpc) is 2.70. The molecule has 1 fully saturated rings. The molecule has 4 nitrogen and oxygen atoms in total. The Hall–Kier alpha value is -1.96. The Morgan fingerprint density at radius 1 is 1.04 bits per heavy atom. The van der Waals surface area contributed by atoms with Crippen LogP contribution in [0.25, 0.3) is 10.9 Å². The summed E-state index contributed by atoms with van der Waals surface area (Å²) in [5.41, 5.74) is 0.0985. The molecule has 1 aromatic carbocycles. The van der Waals surface area contributed by atoms with Gasteiger partial charge in [-0.15, -0.1) is 0 Å². The standard InChI is InChI=1S/C15H16F4N4/c1-22-5-2-6-23(8-7-22)13-11-9-10(16)3-4-12(11)20-14(21-13)15(17,18)19/h3-4,9H,2,5-8H2,1H3. The molecule has 0 spiro atoms. The number of nitrogens with zero attached hydrogens (tertiary/aromatic N) is 4. The Bertz CT molecular complexity index is 716. The SMILES string of the molecule is CN1CCCN(c2nc(C(F)(F)F)nc3ccc(F)cc23)CC1. The van der Waals surface area contributed by atoms with E-state index in [2.05, 4.69) is 14.9 Å². The molecule has 2 heterocycles. The molecule has 2 aromatic rings. The molecule has 1 saturated heterocycles. The van der Waals surface area contributed by atoms with Gasteiger partial charge in [0.1, 0.15) is 11.6 Å². The van der Waals surface area contributed by atoms with Crippen LogP contribution in [0.1, 0.15) is 12.2 Å². The number of halogens is 4.